The van der Waals surface area contributed by atoms with E-state index < -0.39 is 12.0 Å². The highest BCUT2D eigenvalue weighted by Crippen LogP contribution is 2.12. The second kappa shape index (κ2) is 5.86. The topological polar surface area (TPSA) is 70.1 Å². The Kier molecular flexibility index (Phi) is 4.74. The van der Waals surface area contributed by atoms with Gasteiger partial charge in [-0.2, -0.15) is 0 Å². The molecule has 1 aliphatic rings. The summed E-state index contributed by atoms with van der Waals surface area (Å²) in [5, 5.41) is 9.12. The monoisotopic (exact) mass is 244 g/mol. The van der Waals surface area contributed by atoms with E-state index in [4.69, 9.17) is 9.84 Å². The molecule has 2 amide bonds. The molecule has 6 heteroatoms. The number of carboxylic acid groups (broad SMARTS) is 1. The van der Waals surface area contributed by atoms with Gasteiger partial charge in [-0.05, 0) is 5.92 Å². The van der Waals surface area contributed by atoms with Gasteiger partial charge in [-0.15, -0.1) is 0 Å². The number of rotatable bonds is 3. The van der Waals surface area contributed by atoms with Crippen LogP contribution in [0.2, 0.25) is 0 Å². The van der Waals surface area contributed by atoms with Gasteiger partial charge in [0.05, 0.1) is 13.2 Å². The number of aliphatic carboxylic acids is 1. The molecule has 17 heavy (non-hydrogen) atoms. The van der Waals surface area contributed by atoms with Crippen LogP contribution in [0.25, 0.3) is 0 Å². The summed E-state index contributed by atoms with van der Waals surface area (Å²) in [5.41, 5.74) is 0. The number of carbonyl (C=O) groups excluding carboxylic acids is 1. The lowest BCUT2D eigenvalue weighted by molar-refractivity contribution is -0.143. The molecule has 1 rings (SSSR count). The molecule has 0 aliphatic carbocycles. The summed E-state index contributed by atoms with van der Waals surface area (Å²) in [6.07, 6.45) is 0. The van der Waals surface area contributed by atoms with Gasteiger partial charge in [0.2, 0.25) is 0 Å². The highest BCUT2D eigenvalue weighted by molar-refractivity contribution is 5.82. The summed E-state index contributed by atoms with van der Waals surface area (Å²) in [5.74, 6) is -1.09. The van der Waals surface area contributed by atoms with E-state index in [1.54, 1.807) is 18.7 Å². The first-order chi connectivity index (χ1) is 7.95. The van der Waals surface area contributed by atoms with Crippen LogP contribution in [-0.4, -0.2) is 66.3 Å². The fourth-order valence-electron chi connectivity index (χ4n) is 1.99. The van der Waals surface area contributed by atoms with Gasteiger partial charge in [-0.3, -0.25) is 0 Å². The molecule has 1 heterocycles. The normalized spacial score (nSPS) is 18.0. The zero-order valence-electron chi connectivity index (χ0n) is 10.5. The highest BCUT2D eigenvalue weighted by Gasteiger charge is 2.32. The van der Waals surface area contributed by atoms with Gasteiger partial charge in [0.15, 0.2) is 0 Å². The van der Waals surface area contributed by atoms with Crippen molar-refractivity contribution in [1.29, 1.82) is 0 Å². The molecular formula is C11H20N2O4. The molecule has 0 aromatic heterocycles. The summed E-state index contributed by atoms with van der Waals surface area (Å²) in [6.45, 7) is 5.66. The summed E-state index contributed by atoms with van der Waals surface area (Å²) < 4.78 is 5.16. The van der Waals surface area contributed by atoms with Crippen LogP contribution in [0.5, 0.6) is 0 Å². The molecule has 0 aromatic rings. The number of amides is 2. The molecule has 1 saturated heterocycles. The third kappa shape index (κ3) is 3.33. The first-order valence-corrected chi connectivity index (χ1v) is 5.77. The Morgan fingerprint density at radius 2 is 1.82 bits per heavy atom. The minimum Gasteiger partial charge on any atom is -0.480 e. The molecule has 0 unspecified atom stereocenters. The number of likely N-dealkylation sites (N-methyl/N-ethyl adjacent to an activating group) is 1. The van der Waals surface area contributed by atoms with Gasteiger partial charge < -0.3 is 19.6 Å². The number of hydrogen-bond donors (Lipinski definition) is 1. The van der Waals surface area contributed by atoms with Gasteiger partial charge in [0, 0.05) is 20.1 Å². The molecule has 98 valence electrons. The minimum atomic E-state index is -0.968. The lowest BCUT2D eigenvalue weighted by Gasteiger charge is -2.34. The van der Waals surface area contributed by atoms with E-state index in [-0.39, 0.29) is 11.9 Å². The van der Waals surface area contributed by atoms with Gasteiger partial charge in [-0.1, -0.05) is 13.8 Å². The average Bonchev–Trinajstić information content (AvgIpc) is 2.28. The molecule has 0 saturated carbocycles. The van der Waals surface area contributed by atoms with Crippen LogP contribution < -0.4 is 0 Å². The summed E-state index contributed by atoms with van der Waals surface area (Å²) >= 11 is 0. The maximum atomic E-state index is 12.1. The SMILES string of the molecule is CC(C)[C@@H](C(=O)O)N(C)C(=O)N1CCOCC1. The Balaban J connectivity index is 2.68. The molecule has 1 fully saturated rings. The quantitative estimate of drug-likeness (QED) is 0.784. The third-order valence-corrected chi connectivity index (χ3v) is 2.89. The molecule has 1 N–H and O–H groups in total. The molecule has 1 atom stereocenters. The van der Waals surface area contributed by atoms with E-state index in [1.165, 1.54) is 11.9 Å². The number of carbonyl (C=O) groups is 2. The van der Waals surface area contributed by atoms with Crippen molar-refractivity contribution in [3.63, 3.8) is 0 Å². The lowest BCUT2D eigenvalue weighted by Crippen LogP contribution is -2.53. The van der Waals surface area contributed by atoms with Crippen LogP contribution in [0.4, 0.5) is 4.79 Å². The van der Waals surface area contributed by atoms with Crippen LogP contribution in [0.3, 0.4) is 0 Å². The van der Waals surface area contributed by atoms with Crippen LogP contribution in [0, 0.1) is 5.92 Å². The fraction of sp³-hybridized carbons (Fsp3) is 0.818. The first kappa shape index (κ1) is 13.8. The zero-order chi connectivity index (χ0) is 13.0. The average molecular weight is 244 g/mol. The Morgan fingerprint density at radius 3 is 2.24 bits per heavy atom. The Hall–Kier alpha value is -1.30. The van der Waals surface area contributed by atoms with Gasteiger partial charge in [0.25, 0.3) is 0 Å². The number of morpholine rings is 1. The standard InChI is InChI=1S/C11H20N2O4/c1-8(2)9(10(14)15)12(3)11(16)13-4-6-17-7-5-13/h8-9H,4-7H2,1-3H3,(H,14,15)/t9-/m0/s1. The van der Waals surface area contributed by atoms with Crippen molar-refractivity contribution in [2.75, 3.05) is 33.4 Å². The van der Waals surface area contributed by atoms with Crippen LogP contribution >= 0.6 is 0 Å². The van der Waals surface area contributed by atoms with E-state index in [0.717, 1.165) is 0 Å². The lowest BCUT2D eigenvalue weighted by atomic mass is 10.0. The highest BCUT2D eigenvalue weighted by atomic mass is 16.5. The van der Waals surface area contributed by atoms with Crippen molar-refractivity contribution >= 4 is 12.0 Å². The second-order valence-corrected chi connectivity index (χ2v) is 4.52. The van der Waals surface area contributed by atoms with E-state index in [2.05, 4.69) is 0 Å². The van der Waals surface area contributed by atoms with Gasteiger partial charge in [-0.25, -0.2) is 9.59 Å². The number of hydrogen-bond acceptors (Lipinski definition) is 3. The van der Waals surface area contributed by atoms with Gasteiger partial charge >= 0.3 is 12.0 Å². The van der Waals surface area contributed by atoms with E-state index in [0.29, 0.717) is 26.3 Å². The van der Waals surface area contributed by atoms with Crippen LogP contribution in [0.1, 0.15) is 13.8 Å². The number of nitrogens with zero attached hydrogens (tertiary/aromatic N) is 2. The maximum absolute atomic E-state index is 12.1. The van der Waals surface area contributed by atoms with Crippen molar-refractivity contribution in [2.45, 2.75) is 19.9 Å². The largest absolute Gasteiger partial charge is 0.480 e. The summed E-state index contributed by atoms with van der Waals surface area (Å²) in [7, 11) is 1.54. The van der Waals surface area contributed by atoms with E-state index >= 15 is 0 Å². The first-order valence-electron chi connectivity index (χ1n) is 5.77. The van der Waals surface area contributed by atoms with E-state index in [1.807, 2.05) is 0 Å². The Labute approximate surface area is 101 Å². The molecule has 6 nitrogen and oxygen atoms in total. The third-order valence-electron chi connectivity index (χ3n) is 2.89. The van der Waals surface area contributed by atoms with E-state index in [9.17, 15) is 9.59 Å². The van der Waals surface area contributed by atoms with Crippen molar-refractivity contribution < 1.29 is 19.4 Å². The zero-order valence-corrected chi connectivity index (χ0v) is 10.5. The van der Waals surface area contributed by atoms with Gasteiger partial charge in [0.1, 0.15) is 6.04 Å². The second-order valence-electron chi connectivity index (χ2n) is 4.52. The van der Waals surface area contributed by atoms with Crippen LogP contribution in [-0.2, 0) is 9.53 Å². The predicted octanol–water partition coefficient (Wildman–Crippen LogP) is 0.480. The maximum Gasteiger partial charge on any atom is 0.326 e. The molecule has 0 spiro atoms. The number of carboxylic acids is 1. The smallest absolute Gasteiger partial charge is 0.326 e. The fourth-order valence-corrected chi connectivity index (χ4v) is 1.99. The number of ether oxygens (including phenoxy) is 1. The predicted molar refractivity (Wildman–Crippen MR) is 61.8 cm³/mol. The Morgan fingerprint density at radius 1 is 1.29 bits per heavy atom. The van der Waals surface area contributed by atoms with Crippen molar-refractivity contribution in [3.8, 4) is 0 Å². The van der Waals surface area contributed by atoms with Crippen molar-refractivity contribution in [2.24, 2.45) is 5.92 Å². The molecule has 0 radical (unpaired) electrons. The Bertz CT molecular complexity index is 287. The molecule has 0 aromatic carbocycles. The minimum absolute atomic E-state index is 0.123. The number of urea groups is 1. The van der Waals surface area contributed by atoms with Crippen molar-refractivity contribution in [3.05, 3.63) is 0 Å². The molecular weight excluding hydrogens is 224 g/mol. The van der Waals surface area contributed by atoms with Crippen LogP contribution in [0.15, 0.2) is 0 Å². The van der Waals surface area contributed by atoms with Crippen molar-refractivity contribution in [1.82, 2.24) is 9.80 Å². The summed E-state index contributed by atoms with van der Waals surface area (Å²) in [4.78, 5) is 26.1. The molecule has 1 aliphatic heterocycles. The summed E-state index contributed by atoms with van der Waals surface area (Å²) in [6, 6.07) is -1.03. The molecule has 0 bridgehead atoms.